The summed E-state index contributed by atoms with van der Waals surface area (Å²) in [5.41, 5.74) is 1.24. The maximum absolute atomic E-state index is 12.9. The van der Waals surface area contributed by atoms with Crippen LogP contribution in [0.2, 0.25) is 0 Å². The summed E-state index contributed by atoms with van der Waals surface area (Å²) in [6.07, 6.45) is 0.865. The van der Waals surface area contributed by atoms with E-state index in [1.54, 1.807) is 12.1 Å². The summed E-state index contributed by atoms with van der Waals surface area (Å²) in [6.45, 7) is 0. The van der Waals surface area contributed by atoms with E-state index >= 15 is 0 Å². The number of fused-ring (bicyclic) bond motifs is 1. The van der Waals surface area contributed by atoms with Gasteiger partial charge in [-0.3, -0.25) is 4.79 Å². The third kappa shape index (κ3) is 4.12. The maximum atomic E-state index is 12.9. The fourth-order valence-electron chi connectivity index (χ4n) is 2.85. The number of hydrogen-bond donors (Lipinski definition) is 1. The number of carbonyl (C=O) groups is 1. The Kier molecular flexibility index (Phi) is 5.52. The highest BCUT2D eigenvalue weighted by atomic mass is 32.2. The van der Waals surface area contributed by atoms with Gasteiger partial charge in [-0.05, 0) is 30.3 Å². The Morgan fingerprint density at radius 1 is 1.07 bits per heavy atom. The number of nitrogens with zero attached hydrogens (tertiary/aromatic N) is 1. The molecule has 1 N–H and O–H groups in total. The van der Waals surface area contributed by atoms with Crippen molar-refractivity contribution in [3.63, 3.8) is 0 Å². The molecule has 1 heterocycles. The van der Waals surface area contributed by atoms with E-state index in [0.29, 0.717) is 11.0 Å². The van der Waals surface area contributed by atoms with Gasteiger partial charge in [0.25, 0.3) is 10.0 Å². The SMILES string of the molecule is COc1cccc(S(C)(=O)=O)c1S(=O)(=O)NC(=O)c1cc2ccc(N(C)C)cc2o1. The number of rotatable bonds is 6. The highest BCUT2D eigenvalue weighted by Crippen LogP contribution is 2.31. The molecule has 0 bridgehead atoms. The first-order valence-corrected chi connectivity index (χ1v) is 12.0. The molecule has 0 aliphatic rings. The average Bonchev–Trinajstić information content (AvgIpc) is 3.09. The van der Waals surface area contributed by atoms with Gasteiger partial charge in [0, 0.05) is 37.5 Å². The first kappa shape index (κ1) is 21.7. The van der Waals surface area contributed by atoms with Crippen molar-refractivity contribution in [1.29, 1.82) is 0 Å². The summed E-state index contributed by atoms with van der Waals surface area (Å²) < 4.78 is 62.3. The Hall–Kier alpha value is -3.05. The van der Waals surface area contributed by atoms with Gasteiger partial charge in [0.15, 0.2) is 15.6 Å². The van der Waals surface area contributed by atoms with Gasteiger partial charge < -0.3 is 14.1 Å². The number of carbonyl (C=O) groups excluding carboxylic acids is 1. The van der Waals surface area contributed by atoms with Crippen molar-refractivity contribution >= 4 is 42.4 Å². The second-order valence-electron chi connectivity index (χ2n) is 6.72. The summed E-state index contributed by atoms with van der Waals surface area (Å²) >= 11 is 0. The molecular formula is C19H20N2O7S2. The van der Waals surface area contributed by atoms with Crippen LogP contribution >= 0.6 is 0 Å². The molecule has 1 amide bonds. The van der Waals surface area contributed by atoms with Gasteiger partial charge in [-0.25, -0.2) is 21.6 Å². The number of amides is 1. The van der Waals surface area contributed by atoms with Crippen LogP contribution in [0.1, 0.15) is 10.6 Å². The van der Waals surface area contributed by atoms with Crippen LogP contribution in [0.25, 0.3) is 11.0 Å². The number of furan rings is 1. The molecule has 2 aromatic carbocycles. The molecule has 0 fully saturated rings. The summed E-state index contributed by atoms with van der Waals surface area (Å²) in [4.78, 5) is 13.3. The number of methoxy groups -OCH3 is 1. The van der Waals surface area contributed by atoms with E-state index in [1.165, 1.54) is 25.3 Å². The number of anilines is 1. The zero-order valence-corrected chi connectivity index (χ0v) is 18.3. The largest absolute Gasteiger partial charge is 0.495 e. The lowest BCUT2D eigenvalue weighted by Crippen LogP contribution is -2.31. The molecule has 0 aliphatic heterocycles. The van der Waals surface area contributed by atoms with Gasteiger partial charge >= 0.3 is 5.91 Å². The van der Waals surface area contributed by atoms with Gasteiger partial charge in [-0.1, -0.05) is 6.07 Å². The van der Waals surface area contributed by atoms with E-state index in [1.807, 2.05) is 29.8 Å². The lowest BCUT2D eigenvalue weighted by Gasteiger charge is -2.13. The van der Waals surface area contributed by atoms with Crippen LogP contribution in [-0.2, 0) is 19.9 Å². The Morgan fingerprint density at radius 3 is 2.37 bits per heavy atom. The Morgan fingerprint density at radius 2 is 1.77 bits per heavy atom. The molecule has 3 aromatic rings. The van der Waals surface area contributed by atoms with Crippen molar-refractivity contribution in [2.75, 3.05) is 32.4 Å². The standard InChI is InChI=1S/C19H20N2O7S2/c1-21(2)13-9-8-12-10-16(28-15(12)11-13)19(22)20-30(25,26)18-14(27-3)6-5-7-17(18)29(4,23)24/h5-11H,1-4H3,(H,20,22). The number of hydrogen-bond acceptors (Lipinski definition) is 8. The average molecular weight is 453 g/mol. The molecule has 0 saturated heterocycles. The smallest absolute Gasteiger partial charge is 0.300 e. The second-order valence-corrected chi connectivity index (χ2v) is 10.3. The van der Waals surface area contributed by atoms with Gasteiger partial charge in [-0.15, -0.1) is 0 Å². The minimum Gasteiger partial charge on any atom is -0.495 e. The molecule has 0 aliphatic carbocycles. The zero-order chi connectivity index (χ0) is 22.3. The lowest BCUT2D eigenvalue weighted by molar-refractivity contribution is 0.0956. The topological polar surface area (TPSA) is 123 Å². The van der Waals surface area contributed by atoms with Gasteiger partial charge in [0.1, 0.15) is 16.2 Å². The molecule has 0 radical (unpaired) electrons. The number of nitrogens with one attached hydrogen (secondary N) is 1. The lowest BCUT2D eigenvalue weighted by atomic mass is 10.2. The minimum atomic E-state index is -4.60. The van der Waals surface area contributed by atoms with E-state index in [2.05, 4.69) is 0 Å². The zero-order valence-electron chi connectivity index (χ0n) is 16.7. The summed E-state index contributed by atoms with van der Waals surface area (Å²) in [7, 11) is -3.63. The van der Waals surface area contributed by atoms with Crippen LogP contribution in [0.3, 0.4) is 0 Å². The van der Waals surface area contributed by atoms with Crippen LogP contribution in [0.15, 0.2) is 56.7 Å². The van der Waals surface area contributed by atoms with Gasteiger partial charge in [-0.2, -0.15) is 0 Å². The van der Waals surface area contributed by atoms with E-state index in [-0.39, 0.29) is 11.5 Å². The molecule has 11 heteroatoms. The molecule has 1 aromatic heterocycles. The third-order valence-corrected chi connectivity index (χ3v) is 6.98. The molecule has 0 spiro atoms. The monoisotopic (exact) mass is 452 g/mol. The molecule has 30 heavy (non-hydrogen) atoms. The highest BCUT2D eigenvalue weighted by Gasteiger charge is 2.31. The quantitative estimate of drug-likeness (QED) is 0.603. The molecule has 0 unspecified atom stereocenters. The van der Waals surface area contributed by atoms with Crippen LogP contribution in [0.5, 0.6) is 5.75 Å². The summed E-state index contributed by atoms with van der Waals surface area (Å²) in [5.74, 6) is -1.48. The number of ether oxygens (including phenoxy) is 1. The fraction of sp³-hybridized carbons (Fsp3) is 0.211. The number of sulfonamides is 1. The predicted octanol–water partition coefficient (Wildman–Crippen LogP) is 2.03. The van der Waals surface area contributed by atoms with E-state index in [9.17, 15) is 21.6 Å². The van der Waals surface area contributed by atoms with Crippen molar-refractivity contribution < 1.29 is 30.8 Å². The molecule has 9 nitrogen and oxygen atoms in total. The Balaban J connectivity index is 2.02. The van der Waals surface area contributed by atoms with Crippen molar-refractivity contribution in [3.8, 4) is 5.75 Å². The summed E-state index contributed by atoms with van der Waals surface area (Å²) in [6, 6.07) is 10.4. The van der Waals surface area contributed by atoms with Gasteiger partial charge in [0.2, 0.25) is 0 Å². The second kappa shape index (κ2) is 7.65. The van der Waals surface area contributed by atoms with Gasteiger partial charge in [0.05, 0.1) is 12.0 Å². The molecule has 160 valence electrons. The Bertz CT molecular complexity index is 1340. The first-order valence-electron chi connectivity index (χ1n) is 8.59. The normalized spacial score (nSPS) is 12.0. The molecule has 3 rings (SSSR count). The molecular weight excluding hydrogens is 432 g/mol. The van der Waals surface area contributed by atoms with Crippen molar-refractivity contribution in [2.45, 2.75) is 9.79 Å². The first-order chi connectivity index (χ1) is 13.9. The van der Waals surface area contributed by atoms with Crippen LogP contribution in [0.4, 0.5) is 5.69 Å². The predicted molar refractivity (Wildman–Crippen MR) is 111 cm³/mol. The maximum Gasteiger partial charge on any atom is 0.300 e. The fourth-order valence-corrected chi connectivity index (χ4v) is 5.59. The summed E-state index contributed by atoms with van der Waals surface area (Å²) in [5, 5.41) is 0.609. The van der Waals surface area contributed by atoms with Crippen molar-refractivity contribution in [2.24, 2.45) is 0 Å². The van der Waals surface area contributed by atoms with Crippen molar-refractivity contribution in [3.05, 3.63) is 48.2 Å². The van der Waals surface area contributed by atoms with E-state index in [0.717, 1.165) is 18.0 Å². The molecule has 0 saturated carbocycles. The minimum absolute atomic E-state index is 0.210. The highest BCUT2D eigenvalue weighted by molar-refractivity contribution is 7.93. The molecule has 0 atom stereocenters. The number of benzene rings is 2. The van der Waals surface area contributed by atoms with Crippen LogP contribution in [-0.4, -0.2) is 50.2 Å². The Labute approximate surface area is 174 Å². The number of sulfone groups is 1. The van der Waals surface area contributed by atoms with Crippen LogP contribution in [0, 0.1) is 0 Å². The van der Waals surface area contributed by atoms with Crippen molar-refractivity contribution in [1.82, 2.24) is 4.72 Å². The van der Waals surface area contributed by atoms with Crippen LogP contribution < -0.4 is 14.4 Å². The third-order valence-electron chi connectivity index (χ3n) is 4.30. The van der Waals surface area contributed by atoms with E-state index in [4.69, 9.17) is 9.15 Å². The van der Waals surface area contributed by atoms with E-state index < -0.39 is 35.6 Å².